The van der Waals surface area contributed by atoms with Gasteiger partial charge in [0, 0.05) is 6.08 Å². The molecule has 4 nitrogen and oxygen atoms in total. The Morgan fingerprint density at radius 2 is 2.11 bits per heavy atom. The summed E-state index contributed by atoms with van der Waals surface area (Å²) in [5.74, 6) is -0.310. The monoisotopic (exact) mass is 259 g/mol. The smallest absolute Gasteiger partial charge is 0.417 e. The van der Waals surface area contributed by atoms with Gasteiger partial charge >= 0.3 is 6.09 Å². The summed E-state index contributed by atoms with van der Waals surface area (Å²) in [6.07, 6.45) is 1.71. The van der Waals surface area contributed by atoms with E-state index in [9.17, 15) is 9.59 Å². The van der Waals surface area contributed by atoms with E-state index in [0.717, 1.165) is 17.6 Å². The predicted octanol–water partition coefficient (Wildman–Crippen LogP) is 3.06. The number of benzene rings is 1. The number of allylic oxidation sites excluding steroid dienone is 1. The molecule has 0 unspecified atom stereocenters. The Morgan fingerprint density at radius 3 is 2.74 bits per heavy atom. The first-order valence-electron chi connectivity index (χ1n) is 6.35. The van der Waals surface area contributed by atoms with Gasteiger partial charge in [-0.25, -0.2) is 9.69 Å². The van der Waals surface area contributed by atoms with Gasteiger partial charge in [-0.2, -0.15) is 0 Å². The van der Waals surface area contributed by atoms with Gasteiger partial charge in [0.2, 0.25) is 0 Å². The Bertz CT molecular complexity index is 507. The van der Waals surface area contributed by atoms with Gasteiger partial charge in [-0.15, -0.1) is 0 Å². The quantitative estimate of drug-likeness (QED) is 0.784. The summed E-state index contributed by atoms with van der Waals surface area (Å²) in [7, 11) is 0. The number of rotatable bonds is 3. The number of nitrogens with zero attached hydrogens (tertiary/aromatic N) is 1. The SMILES string of the molecule is CC/C(C)=C\C(=O)N1C(=O)OC[C@H]1c1ccccc1. The molecule has 1 atom stereocenters. The molecule has 0 bridgehead atoms. The third-order valence-corrected chi connectivity index (χ3v) is 3.22. The number of cyclic esters (lactones) is 1. The van der Waals surface area contributed by atoms with Gasteiger partial charge in [-0.3, -0.25) is 4.79 Å². The van der Waals surface area contributed by atoms with Crippen molar-refractivity contribution in [2.75, 3.05) is 6.61 Å². The second kappa shape index (κ2) is 5.69. The van der Waals surface area contributed by atoms with Crippen molar-refractivity contribution < 1.29 is 14.3 Å². The molecule has 100 valence electrons. The van der Waals surface area contributed by atoms with E-state index in [0.29, 0.717) is 0 Å². The number of carbonyl (C=O) groups is 2. The highest BCUT2D eigenvalue weighted by Gasteiger charge is 2.37. The van der Waals surface area contributed by atoms with Crippen molar-refractivity contribution in [2.24, 2.45) is 0 Å². The number of amides is 2. The van der Waals surface area contributed by atoms with Crippen LogP contribution < -0.4 is 0 Å². The summed E-state index contributed by atoms with van der Waals surface area (Å²) < 4.78 is 5.01. The van der Waals surface area contributed by atoms with Crippen molar-refractivity contribution in [3.05, 3.63) is 47.5 Å². The van der Waals surface area contributed by atoms with Gasteiger partial charge in [0.05, 0.1) is 0 Å². The Balaban J connectivity index is 2.26. The average Bonchev–Trinajstić information content (AvgIpc) is 2.81. The molecule has 4 heteroatoms. The van der Waals surface area contributed by atoms with Crippen LogP contribution in [0.5, 0.6) is 0 Å². The van der Waals surface area contributed by atoms with Gasteiger partial charge in [0.15, 0.2) is 0 Å². The molecule has 1 fully saturated rings. The van der Waals surface area contributed by atoms with Crippen LogP contribution in [0.1, 0.15) is 31.9 Å². The summed E-state index contributed by atoms with van der Waals surface area (Å²) in [6, 6.07) is 9.12. The minimum atomic E-state index is -0.570. The molecule has 0 aromatic heterocycles. The Morgan fingerprint density at radius 1 is 1.42 bits per heavy atom. The fourth-order valence-electron chi connectivity index (χ4n) is 1.97. The summed E-state index contributed by atoms with van der Waals surface area (Å²) in [5, 5.41) is 0. The van der Waals surface area contributed by atoms with Crippen molar-refractivity contribution in [3.8, 4) is 0 Å². The molecule has 19 heavy (non-hydrogen) atoms. The fourth-order valence-corrected chi connectivity index (χ4v) is 1.97. The molecule has 0 aliphatic carbocycles. The number of carbonyl (C=O) groups excluding carboxylic acids is 2. The van der Waals surface area contributed by atoms with E-state index in [1.54, 1.807) is 0 Å². The van der Waals surface area contributed by atoms with Crippen LogP contribution in [0.2, 0.25) is 0 Å². The fraction of sp³-hybridized carbons (Fsp3) is 0.333. The van der Waals surface area contributed by atoms with Crippen molar-refractivity contribution >= 4 is 12.0 Å². The van der Waals surface area contributed by atoms with Crippen LogP contribution in [-0.4, -0.2) is 23.5 Å². The molecule has 1 aromatic carbocycles. The second-order valence-electron chi connectivity index (χ2n) is 4.56. The van der Waals surface area contributed by atoms with Crippen molar-refractivity contribution in [1.29, 1.82) is 0 Å². The zero-order chi connectivity index (χ0) is 13.8. The van der Waals surface area contributed by atoms with E-state index in [2.05, 4.69) is 0 Å². The average molecular weight is 259 g/mol. The molecule has 1 aliphatic heterocycles. The molecule has 0 saturated carbocycles. The lowest BCUT2D eigenvalue weighted by molar-refractivity contribution is -0.124. The Labute approximate surface area is 112 Å². The van der Waals surface area contributed by atoms with Gasteiger partial charge in [0.25, 0.3) is 5.91 Å². The number of ether oxygens (including phenoxy) is 1. The summed E-state index contributed by atoms with van der Waals surface area (Å²) in [4.78, 5) is 25.1. The molecule has 0 spiro atoms. The lowest BCUT2D eigenvalue weighted by atomic mass is 10.1. The largest absolute Gasteiger partial charge is 0.446 e. The molecule has 0 radical (unpaired) electrons. The molecule has 1 heterocycles. The molecule has 0 N–H and O–H groups in total. The first-order chi connectivity index (χ1) is 9.13. The van der Waals surface area contributed by atoms with Crippen LogP contribution >= 0.6 is 0 Å². The standard InChI is InChI=1S/C15H17NO3/c1-3-11(2)9-14(17)16-13(10-19-15(16)18)12-7-5-4-6-8-12/h4-9,13H,3,10H2,1-2H3/b11-9-/t13-/m0/s1. The van der Waals surface area contributed by atoms with Crippen LogP contribution in [0.25, 0.3) is 0 Å². The maximum absolute atomic E-state index is 12.2. The highest BCUT2D eigenvalue weighted by Crippen LogP contribution is 2.28. The van der Waals surface area contributed by atoms with Crippen LogP contribution in [0, 0.1) is 0 Å². The highest BCUT2D eigenvalue weighted by molar-refractivity contribution is 6.00. The van der Waals surface area contributed by atoms with Crippen LogP contribution in [0.4, 0.5) is 4.79 Å². The van der Waals surface area contributed by atoms with Crippen molar-refractivity contribution in [2.45, 2.75) is 26.3 Å². The molecular formula is C15H17NO3. The lowest BCUT2D eigenvalue weighted by Crippen LogP contribution is -2.33. The summed E-state index contributed by atoms with van der Waals surface area (Å²) >= 11 is 0. The van der Waals surface area contributed by atoms with Gasteiger partial charge in [-0.1, -0.05) is 42.8 Å². The van der Waals surface area contributed by atoms with Gasteiger partial charge < -0.3 is 4.74 Å². The first-order valence-corrected chi connectivity index (χ1v) is 6.35. The Kier molecular flexibility index (Phi) is 4.00. The topological polar surface area (TPSA) is 46.6 Å². The predicted molar refractivity (Wildman–Crippen MR) is 71.4 cm³/mol. The van der Waals surface area contributed by atoms with Crippen LogP contribution in [0.15, 0.2) is 42.0 Å². The zero-order valence-electron chi connectivity index (χ0n) is 11.1. The van der Waals surface area contributed by atoms with Crippen molar-refractivity contribution in [1.82, 2.24) is 4.90 Å². The summed E-state index contributed by atoms with van der Waals surface area (Å²) in [5.41, 5.74) is 1.85. The van der Waals surface area contributed by atoms with E-state index in [1.165, 1.54) is 11.0 Å². The highest BCUT2D eigenvalue weighted by atomic mass is 16.6. The normalized spacial score (nSPS) is 19.5. The maximum Gasteiger partial charge on any atom is 0.417 e. The first kappa shape index (κ1) is 13.3. The van der Waals surface area contributed by atoms with E-state index < -0.39 is 6.09 Å². The molecule has 2 amide bonds. The second-order valence-corrected chi connectivity index (χ2v) is 4.56. The third kappa shape index (κ3) is 2.84. The number of hydrogen-bond acceptors (Lipinski definition) is 3. The number of hydrogen-bond donors (Lipinski definition) is 0. The molecule has 2 rings (SSSR count). The van der Waals surface area contributed by atoms with E-state index in [-0.39, 0.29) is 18.6 Å². The van der Waals surface area contributed by atoms with E-state index in [4.69, 9.17) is 4.74 Å². The molecular weight excluding hydrogens is 242 g/mol. The summed E-state index contributed by atoms with van der Waals surface area (Å²) in [6.45, 7) is 4.06. The van der Waals surface area contributed by atoms with E-state index >= 15 is 0 Å². The van der Waals surface area contributed by atoms with Crippen LogP contribution in [-0.2, 0) is 9.53 Å². The minimum absolute atomic E-state index is 0.216. The molecule has 1 aliphatic rings. The minimum Gasteiger partial charge on any atom is -0.446 e. The van der Waals surface area contributed by atoms with Gasteiger partial charge in [-0.05, 0) is 18.9 Å². The Hall–Kier alpha value is -2.10. The van der Waals surface area contributed by atoms with Crippen molar-refractivity contribution in [3.63, 3.8) is 0 Å². The van der Waals surface area contributed by atoms with Gasteiger partial charge in [0.1, 0.15) is 12.6 Å². The lowest BCUT2D eigenvalue weighted by Gasteiger charge is -2.18. The molecule has 1 saturated heterocycles. The molecule has 1 aromatic rings. The maximum atomic E-state index is 12.2. The third-order valence-electron chi connectivity index (χ3n) is 3.22. The number of imide groups is 1. The van der Waals surface area contributed by atoms with E-state index in [1.807, 2.05) is 44.2 Å². The van der Waals surface area contributed by atoms with Crippen LogP contribution in [0.3, 0.4) is 0 Å². The zero-order valence-corrected chi connectivity index (χ0v) is 11.1.